The summed E-state index contributed by atoms with van der Waals surface area (Å²) < 4.78 is 0.907. The van der Waals surface area contributed by atoms with Crippen LogP contribution in [0.3, 0.4) is 0 Å². The van der Waals surface area contributed by atoms with Gasteiger partial charge in [-0.05, 0) is 26.3 Å². The minimum absolute atomic E-state index is 0.397. The van der Waals surface area contributed by atoms with E-state index in [0.29, 0.717) is 10.2 Å². The van der Waals surface area contributed by atoms with Crippen molar-refractivity contribution in [2.24, 2.45) is 0 Å². The maximum absolute atomic E-state index is 12.1. The number of carboxylic acid groups (broad SMARTS) is 1. The normalized spacial score (nSPS) is 12.9. The molecule has 2 heterocycles. The molecular weight excluding hydrogens is 242 g/mol. The first-order chi connectivity index (χ1) is 7.93. The zero-order valence-electron chi connectivity index (χ0n) is 9.59. The molecule has 0 spiro atoms. The van der Waals surface area contributed by atoms with Crippen LogP contribution in [0.5, 0.6) is 0 Å². The number of rotatable bonds is 2. The molecule has 0 amide bonds. The Morgan fingerprint density at radius 1 is 1.47 bits per heavy atom. The van der Waals surface area contributed by atoms with Crippen molar-refractivity contribution in [2.45, 2.75) is 26.8 Å². The molecule has 1 N–H and O–H groups in total. The molecule has 0 saturated carbocycles. The molecule has 0 bridgehead atoms. The van der Waals surface area contributed by atoms with Gasteiger partial charge in [0.15, 0.2) is 10.9 Å². The van der Waals surface area contributed by atoms with Crippen molar-refractivity contribution in [1.29, 1.82) is 0 Å². The van der Waals surface area contributed by atoms with Crippen LogP contribution < -0.4 is 5.56 Å². The standard InChI is InChI=1S/C10H11N3O3S/c1-4-6(3)17-8-7(4)9(14)13(12-11-8)5(2)10(15)16/h5H,1-3H3,(H,15,16). The number of aryl methyl sites for hydroxylation is 2. The van der Waals surface area contributed by atoms with Crippen LogP contribution in [0.15, 0.2) is 4.79 Å². The van der Waals surface area contributed by atoms with E-state index in [9.17, 15) is 9.59 Å². The molecule has 0 saturated heterocycles. The molecule has 1 atom stereocenters. The fourth-order valence-corrected chi connectivity index (χ4v) is 2.50. The molecule has 1 unspecified atom stereocenters. The second kappa shape index (κ2) is 3.92. The van der Waals surface area contributed by atoms with Gasteiger partial charge in [0, 0.05) is 4.88 Å². The topological polar surface area (TPSA) is 85.1 Å². The van der Waals surface area contributed by atoms with Crippen LogP contribution >= 0.6 is 11.3 Å². The van der Waals surface area contributed by atoms with Crippen molar-refractivity contribution in [3.05, 3.63) is 20.8 Å². The molecule has 7 heteroatoms. The summed E-state index contributed by atoms with van der Waals surface area (Å²) in [4.78, 5) is 24.5. The summed E-state index contributed by atoms with van der Waals surface area (Å²) in [5, 5.41) is 16.9. The Hall–Kier alpha value is -1.76. The molecule has 2 rings (SSSR count). The highest BCUT2D eigenvalue weighted by molar-refractivity contribution is 7.18. The Labute approximate surface area is 101 Å². The van der Waals surface area contributed by atoms with Crippen LogP contribution in [-0.4, -0.2) is 26.1 Å². The molecular formula is C10H11N3O3S. The van der Waals surface area contributed by atoms with Gasteiger partial charge in [0.25, 0.3) is 5.56 Å². The van der Waals surface area contributed by atoms with E-state index in [1.54, 1.807) is 0 Å². The van der Waals surface area contributed by atoms with Gasteiger partial charge >= 0.3 is 5.97 Å². The molecule has 0 aliphatic rings. The molecule has 0 radical (unpaired) electrons. The molecule has 6 nitrogen and oxygen atoms in total. The summed E-state index contributed by atoms with van der Waals surface area (Å²) in [6, 6.07) is -1.01. The van der Waals surface area contributed by atoms with Crippen molar-refractivity contribution >= 4 is 27.5 Å². The first-order valence-corrected chi connectivity index (χ1v) is 5.83. The lowest BCUT2D eigenvalue weighted by Crippen LogP contribution is -2.31. The zero-order valence-corrected chi connectivity index (χ0v) is 10.4. The van der Waals surface area contributed by atoms with Crippen molar-refractivity contribution < 1.29 is 9.90 Å². The fraction of sp³-hybridized carbons (Fsp3) is 0.400. The summed E-state index contributed by atoms with van der Waals surface area (Å²) >= 11 is 1.39. The van der Waals surface area contributed by atoms with Gasteiger partial charge in [-0.3, -0.25) is 4.79 Å². The summed E-state index contributed by atoms with van der Waals surface area (Å²) in [6.07, 6.45) is 0. The van der Waals surface area contributed by atoms with E-state index in [0.717, 1.165) is 15.1 Å². The summed E-state index contributed by atoms with van der Waals surface area (Å²) in [5.41, 5.74) is 0.447. The largest absolute Gasteiger partial charge is 0.480 e. The van der Waals surface area contributed by atoms with Crippen LogP contribution in [0.25, 0.3) is 10.2 Å². The zero-order chi connectivity index (χ0) is 12.7. The number of thiophene rings is 1. The summed E-state index contributed by atoms with van der Waals surface area (Å²) in [5.74, 6) is -1.11. The maximum atomic E-state index is 12.1. The number of carboxylic acids is 1. The molecule has 0 aromatic carbocycles. The van der Waals surface area contributed by atoms with E-state index in [-0.39, 0.29) is 0 Å². The Bertz CT molecular complexity index is 659. The highest BCUT2D eigenvalue weighted by Gasteiger charge is 2.20. The van der Waals surface area contributed by atoms with Crippen LogP contribution in [-0.2, 0) is 4.79 Å². The van der Waals surface area contributed by atoms with Crippen molar-refractivity contribution in [2.75, 3.05) is 0 Å². The Kier molecular flexibility index (Phi) is 2.70. The second-order valence-corrected chi connectivity index (χ2v) is 5.02. The van der Waals surface area contributed by atoms with Crippen LogP contribution in [0.2, 0.25) is 0 Å². The van der Waals surface area contributed by atoms with Gasteiger partial charge in [-0.25, -0.2) is 4.79 Å². The third kappa shape index (κ3) is 1.72. The molecule has 0 aliphatic heterocycles. The number of aliphatic carboxylic acids is 1. The molecule has 2 aromatic heterocycles. The molecule has 0 fully saturated rings. The third-order valence-electron chi connectivity index (χ3n) is 2.74. The SMILES string of the molecule is Cc1sc2nnn(C(C)C(=O)O)c(=O)c2c1C. The van der Waals surface area contributed by atoms with Crippen molar-refractivity contribution in [3.8, 4) is 0 Å². The number of hydrogen-bond acceptors (Lipinski definition) is 5. The maximum Gasteiger partial charge on any atom is 0.328 e. The first kappa shape index (κ1) is 11.7. The van der Waals surface area contributed by atoms with E-state index in [1.165, 1.54) is 18.3 Å². The van der Waals surface area contributed by atoms with E-state index in [4.69, 9.17) is 5.11 Å². The Morgan fingerprint density at radius 3 is 2.71 bits per heavy atom. The Balaban J connectivity index is 2.78. The van der Waals surface area contributed by atoms with Crippen molar-refractivity contribution in [3.63, 3.8) is 0 Å². The average molecular weight is 253 g/mol. The fourth-order valence-electron chi connectivity index (χ4n) is 1.53. The lowest BCUT2D eigenvalue weighted by molar-refractivity contribution is -0.140. The van der Waals surface area contributed by atoms with Gasteiger partial charge in [0.1, 0.15) is 0 Å². The van der Waals surface area contributed by atoms with Gasteiger partial charge < -0.3 is 5.11 Å². The highest BCUT2D eigenvalue weighted by atomic mass is 32.1. The van der Waals surface area contributed by atoms with E-state index < -0.39 is 17.6 Å². The van der Waals surface area contributed by atoms with E-state index in [2.05, 4.69) is 10.3 Å². The molecule has 17 heavy (non-hydrogen) atoms. The number of nitrogens with zero attached hydrogens (tertiary/aromatic N) is 3. The van der Waals surface area contributed by atoms with Crippen LogP contribution in [0.4, 0.5) is 0 Å². The number of aromatic nitrogens is 3. The lowest BCUT2D eigenvalue weighted by atomic mass is 10.2. The predicted octanol–water partition coefficient (Wildman–Crippen LogP) is 1.12. The highest BCUT2D eigenvalue weighted by Crippen LogP contribution is 2.25. The van der Waals surface area contributed by atoms with Gasteiger partial charge in [0.2, 0.25) is 0 Å². The smallest absolute Gasteiger partial charge is 0.328 e. The summed E-state index contributed by atoms with van der Waals surface area (Å²) in [6.45, 7) is 5.12. The lowest BCUT2D eigenvalue weighted by Gasteiger charge is -2.07. The number of hydrogen-bond donors (Lipinski definition) is 1. The van der Waals surface area contributed by atoms with Gasteiger partial charge in [-0.1, -0.05) is 5.21 Å². The first-order valence-electron chi connectivity index (χ1n) is 5.01. The molecule has 0 aliphatic carbocycles. The minimum atomic E-state index is -1.11. The third-order valence-corrected chi connectivity index (χ3v) is 3.84. The molecule has 2 aromatic rings. The quantitative estimate of drug-likeness (QED) is 0.866. The van der Waals surface area contributed by atoms with Crippen molar-refractivity contribution in [1.82, 2.24) is 15.0 Å². The predicted molar refractivity (Wildman–Crippen MR) is 63.5 cm³/mol. The van der Waals surface area contributed by atoms with Crippen LogP contribution in [0.1, 0.15) is 23.4 Å². The molecule has 90 valence electrons. The van der Waals surface area contributed by atoms with Gasteiger partial charge in [-0.15, -0.1) is 16.4 Å². The monoisotopic (exact) mass is 253 g/mol. The average Bonchev–Trinajstić information content (AvgIpc) is 2.55. The van der Waals surface area contributed by atoms with E-state index in [1.807, 2.05) is 13.8 Å². The minimum Gasteiger partial charge on any atom is -0.480 e. The van der Waals surface area contributed by atoms with E-state index >= 15 is 0 Å². The number of fused-ring (bicyclic) bond motifs is 1. The number of carbonyl (C=O) groups is 1. The van der Waals surface area contributed by atoms with Crippen LogP contribution in [0, 0.1) is 13.8 Å². The summed E-state index contributed by atoms with van der Waals surface area (Å²) in [7, 11) is 0. The second-order valence-electron chi connectivity index (χ2n) is 3.82. The van der Waals surface area contributed by atoms with Gasteiger partial charge in [0.05, 0.1) is 5.39 Å². The van der Waals surface area contributed by atoms with Gasteiger partial charge in [-0.2, -0.15) is 4.68 Å². The Morgan fingerprint density at radius 2 is 2.12 bits per heavy atom.